The van der Waals surface area contributed by atoms with Crippen molar-refractivity contribution in [1.29, 1.82) is 0 Å². The Bertz CT molecular complexity index is 1310. The van der Waals surface area contributed by atoms with Crippen LogP contribution >= 0.6 is 7.60 Å². The van der Waals surface area contributed by atoms with Gasteiger partial charge in [0.2, 0.25) is 11.8 Å². The van der Waals surface area contributed by atoms with Gasteiger partial charge in [-0.05, 0) is 62.1 Å². The maximum atomic E-state index is 13.4. The molecule has 2 aromatic rings. The van der Waals surface area contributed by atoms with Gasteiger partial charge in [-0.15, -0.1) is 0 Å². The van der Waals surface area contributed by atoms with E-state index in [-0.39, 0.29) is 38.4 Å². The Morgan fingerprint density at radius 2 is 1.53 bits per heavy atom. The molecule has 1 heterocycles. The van der Waals surface area contributed by atoms with E-state index in [4.69, 9.17) is 11.5 Å². The Morgan fingerprint density at radius 3 is 2.07 bits per heavy atom. The number of hydrogen-bond donors (Lipinski definition) is 7. The van der Waals surface area contributed by atoms with Crippen LogP contribution in [0.4, 0.5) is 0 Å². The molecule has 1 unspecified atom stereocenters. The standard InChI is InChI=1S/C29H43N6O7P/c1-18(2)17-23(27(37)34-22(11-3-4-13-30)26(36)32-15-14-31)33-24(43(40,41)42)12-16-35-28(38)20-9-5-7-19-8-6-10-21(25(19)20)29(35)39/h5-10,18,22-24,33H,3-4,11-17,30-31H2,1-2H3,(H,32,36)(H,34,37)(H2,40,41,42)/t22-,23?,24-/m0/s1. The van der Waals surface area contributed by atoms with E-state index < -0.39 is 49.1 Å². The Balaban J connectivity index is 1.79. The number of unbranched alkanes of at least 4 members (excludes halogenated alkanes) is 1. The van der Waals surface area contributed by atoms with Crippen LogP contribution in [0.5, 0.6) is 0 Å². The van der Waals surface area contributed by atoms with Crippen molar-refractivity contribution < 1.29 is 33.5 Å². The molecule has 3 rings (SSSR count). The van der Waals surface area contributed by atoms with E-state index in [1.165, 1.54) is 0 Å². The Hall–Kier alpha value is -3.19. The molecule has 236 valence electrons. The molecule has 0 bridgehead atoms. The second kappa shape index (κ2) is 15.5. The summed E-state index contributed by atoms with van der Waals surface area (Å²) >= 11 is 0. The number of amides is 4. The number of rotatable bonds is 17. The number of imide groups is 1. The van der Waals surface area contributed by atoms with Gasteiger partial charge in [0.05, 0.1) is 6.04 Å². The molecular formula is C29H43N6O7P. The zero-order valence-electron chi connectivity index (χ0n) is 24.6. The maximum Gasteiger partial charge on any atom is 0.342 e. The summed E-state index contributed by atoms with van der Waals surface area (Å²) in [6.45, 7) is 4.29. The summed E-state index contributed by atoms with van der Waals surface area (Å²) in [5, 5.41) is 9.47. The number of nitrogens with zero attached hydrogens (tertiary/aromatic N) is 1. The van der Waals surface area contributed by atoms with Crippen LogP contribution in [0.1, 0.15) is 66.7 Å². The Kier molecular flexibility index (Phi) is 12.4. The third kappa shape index (κ3) is 8.91. The van der Waals surface area contributed by atoms with Gasteiger partial charge in [0.25, 0.3) is 11.8 Å². The number of carbonyl (C=O) groups excluding carboxylic acids is 4. The van der Waals surface area contributed by atoms with Crippen molar-refractivity contribution in [1.82, 2.24) is 20.9 Å². The zero-order chi connectivity index (χ0) is 31.7. The van der Waals surface area contributed by atoms with Gasteiger partial charge in [-0.1, -0.05) is 38.1 Å². The summed E-state index contributed by atoms with van der Waals surface area (Å²) in [7, 11) is -4.87. The first-order valence-electron chi connectivity index (χ1n) is 14.6. The summed E-state index contributed by atoms with van der Waals surface area (Å²) < 4.78 is 12.6. The smallest absolute Gasteiger partial charge is 0.342 e. The normalized spacial score (nSPS) is 15.5. The van der Waals surface area contributed by atoms with Crippen molar-refractivity contribution in [2.45, 2.75) is 63.8 Å². The van der Waals surface area contributed by atoms with E-state index >= 15 is 0 Å². The van der Waals surface area contributed by atoms with E-state index in [2.05, 4.69) is 16.0 Å². The molecule has 0 saturated heterocycles. The number of nitrogens with two attached hydrogens (primary N) is 2. The summed E-state index contributed by atoms with van der Waals surface area (Å²) in [4.78, 5) is 74.2. The van der Waals surface area contributed by atoms with Crippen LogP contribution in [0.2, 0.25) is 0 Å². The van der Waals surface area contributed by atoms with Crippen molar-refractivity contribution in [3.8, 4) is 0 Å². The van der Waals surface area contributed by atoms with E-state index in [9.17, 15) is 33.5 Å². The quantitative estimate of drug-likeness (QED) is 0.0758. The first-order valence-corrected chi connectivity index (χ1v) is 16.2. The number of hydrogen-bond acceptors (Lipinski definition) is 8. The molecule has 9 N–H and O–H groups in total. The van der Waals surface area contributed by atoms with Crippen molar-refractivity contribution >= 4 is 42.0 Å². The molecule has 1 aliphatic rings. The first-order chi connectivity index (χ1) is 20.4. The SMILES string of the molecule is CC(C)CC(N[C@H](CCN1C(=O)c2cccc3cccc(c23)C1=O)P(=O)(O)O)C(=O)N[C@@H](CCCCN)C(=O)NCCN. The van der Waals surface area contributed by atoms with Crippen LogP contribution in [-0.2, 0) is 14.2 Å². The monoisotopic (exact) mass is 618 g/mol. The van der Waals surface area contributed by atoms with E-state index in [1.807, 2.05) is 13.8 Å². The highest BCUT2D eigenvalue weighted by Gasteiger charge is 2.38. The lowest BCUT2D eigenvalue weighted by Crippen LogP contribution is -2.55. The lowest BCUT2D eigenvalue weighted by Gasteiger charge is -2.31. The van der Waals surface area contributed by atoms with Gasteiger partial charge in [-0.3, -0.25) is 34.0 Å². The van der Waals surface area contributed by atoms with E-state index in [0.29, 0.717) is 42.3 Å². The van der Waals surface area contributed by atoms with E-state index in [1.54, 1.807) is 36.4 Å². The van der Waals surface area contributed by atoms with Crippen LogP contribution in [0.3, 0.4) is 0 Å². The van der Waals surface area contributed by atoms with Crippen molar-refractivity contribution in [2.75, 3.05) is 26.2 Å². The highest BCUT2D eigenvalue weighted by atomic mass is 31.2. The average molecular weight is 619 g/mol. The molecule has 0 aromatic heterocycles. The first kappa shape index (κ1) is 34.3. The number of carbonyl (C=O) groups is 4. The second-order valence-electron chi connectivity index (χ2n) is 11.1. The molecular weight excluding hydrogens is 575 g/mol. The lowest BCUT2D eigenvalue weighted by molar-refractivity contribution is -0.130. The third-order valence-corrected chi connectivity index (χ3v) is 8.55. The highest BCUT2D eigenvalue weighted by Crippen LogP contribution is 2.42. The fourth-order valence-corrected chi connectivity index (χ4v) is 6.02. The van der Waals surface area contributed by atoms with Gasteiger partial charge in [0, 0.05) is 36.1 Å². The number of benzene rings is 2. The van der Waals surface area contributed by atoms with Gasteiger partial charge >= 0.3 is 7.60 Å². The predicted octanol–water partition coefficient (Wildman–Crippen LogP) is 1.02. The minimum atomic E-state index is -4.87. The van der Waals surface area contributed by atoms with Gasteiger partial charge in [-0.2, -0.15) is 0 Å². The molecule has 13 nitrogen and oxygen atoms in total. The van der Waals surface area contributed by atoms with Crippen molar-refractivity contribution in [3.63, 3.8) is 0 Å². The summed E-state index contributed by atoms with van der Waals surface area (Å²) in [6, 6.07) is 8.30. The van der Waals surface area contributed by atoms with Gasteiger partial charge < -0.3 is 31.9 Å². The maximum absolute atomic E-state index is 13.4. The second-order valence-corrected chi connectivity index (χ2v) is 12.9. The minimum Gasteiger partial charge on any atom is -0.353 e. The molecule has 0 radical (unpaired) electrons. The molecule has 14 heteroatoms. The van der Waals surface area contributed by atoms with Crippen molar-refractivity contribution in [3.05, 3.63) is 47.5 Å². The molecule has 0 aliphatic carbocycles. The zero-order valence-corrected chi connectivity index (χ0v) is 25.5. The fourth-order valence-electron chi connectivity index (χ4n) is 5.19. The van der Waals surface area contributed by atoms with Crippen LogP contribution in [0, 0.1) is 5.92 Å². The molecule has 0 fully saturated rings. The third-order valence-electron chi connectivity index (χ3n) is 7.33. The molecule has 0 saturated carbocycles. The van der Waals surface area contributed by atoms with Crippen LogP contribution < -0.4 is 27.4 Å². The van der Waals surface area contributed by atoms with E-state index in [0.717, 1.165) is 10.3 Å². The summed E-state index contributed by atoms with van der Waals surface area (Å²) in [5.41, 5.74) is 11.7. The van der Waals surface area contributed by atoms with Gasteiger partial charge in [-0.25, -0.2) is 0 Å². The molecule has 4 amide bonds. The van der Waals surface area contributed by atoms with Crippen LogP contribution in [0.15, 0.2) is 36.4 Å². The molecule has 0 spiro atoms. The predicted molar refractivity (Wildman–Crippen MR) is 163 cm³/mol. The lowest BCUT2D eigenvalue weighted by atomic mass is 9.94. The van der Waals surface area contributed by atoms with Gasteiger partial charge in [0.15, 0.2) is 0 Å². The average Bonchev–Trinajstić information content (AvgIpc) is 2.95. The van der Waals surface area contributed by atoms with Crippen LogP contribution in [-0.4, -0.2) is 82.4 Å². The summed E-state index contributed by atoms with van der Waals surface area (Å²) in [6.07, 6.45) is 1.46. The molecule has 43 heavy (non-hydrogen) atoms. The minimum absolute atomic E-state index is 0.0512. The molecule has 1 aliphatic heterocycles. The molecule has 3 atom stereocenters. The van der Waals surface area contributed by atoms with Gasteiger partial charge in [0.1, 0.15) is 11.8 Å². The topological polar surface area (TPSA) is 217 Å². The van der Waals surface area contributed by atoms with Crippen LogP contribution in [0.25, 0.3) is 10.8 Å². The largest absolute Gasteiger partial charge is 0.353 e. The molecule has 2 aromatic carbocycles. The summed E-state index contributed by atoms with van der Waals surface area (Å²) in [5.74, 6) is -3.72. The number of nitrogens with one attached hydrogen (secondary N) is 3. The Labute approximate surface area is 251 Å². The Morgan fingerprint density at radius 1 is 0.907 bits per heavy atom. The highest BCUT2D eigenvalue weighted by molar-refractivity contribution is 7.52. The fraction of sp³-hybridized carbons (Fsp3) is 0.517. The van der Waals surface area contributed by atoms with Crippen molar-refractivity contribution in [2.24, 2.45) is 17.4 Å².